The topological polar surface area (TPSA) is 81.5 Å². The molecule has 6 nitrogen and oxygen atoms in total. The van der Waals surface area contributed by atoms with Gasteiger partial charge >= 0.3 is 11.7 Å². The Morgan fingerprint density at radius 1 is 1.42 bits per heavy atom. The second kappa shape index (κ2) is 8.19. The Kier molecular flexibility index (Phi) is 6.25. The van der Waals surface area contributed by atoms with Crippen molar-refractivity contribution in [3.63, 3.8) is 0 Å². The van der Waals surface area contributed by atoms with Crippen LogP contribution in [0.25, 0.3) is 0 Å². The maximum absolute atomic E-state index is 13.4. The normalized spacial score (nSPS) is 16.3. The molecule has 0 bridgehead atoms. The summed E-state index contributed by atoms with van der Waals surface area (Å²) in [7, 11) is 0. The first-order valence-electron chi connectivity index (χ1n) is 8.25. The molecule has 1 fully saturated rings. The lowest BCUT2D eigenvalue weighted by Crippen LogP contribution is -2.42. The summed E-state index contributed by atoms with van der Waals surface area (Å²) in [5.41, 5.74) is -0.0219. The minimum atomic E-state index is -0.871. The Morgan fingerprint density at radius 3 is 2.67 bits per heavy atom. The van der Waals surface area contributed by atoms with Crippen molar-refractivity contribution in [1.82, 2.24) is 5.32 Å². The SMILES string of the molecule is CC(C)[C@H](NCc1ccc(F)c([N+](=O)[O-])c1)C(=O)OC1CCCC1. The summed E-state index contributed by atoms with van der Waals surface area (Å²) >= 11 is 0. The molecule has 0 spiro atoms. The third-order valence-electron chi connectivity index (χ3n) is 4.24. The van der Waals surface area contributed by atoms with Crippen LogP contribution in [0.1, 0.15) is 45.1 Å². The van der Waals surface area contributed by atoms with E-state index in [9.17, 15) is 19.3 Å². The van der Waals surface area contributed by atoms with Crippen LogP contribution in [0.5, 0.6) is 0 Å². The molecule has 0 radical (unpaired) electrons. The maximum Gasteiger partial charge on any atom is 0.323 e. The fourth-order valence-corrected chi connectivity index (χ4v) is 2.87. The van der Waals surface area contributed by atoms with Crippen molar-refractivity contribution in [3.05, 3.63) is 39.7 Å². The third-order valence-corrected chi connectivity index (χ3v) is 4.24. The summed E-state index contributed by atoms with van der Waals surface area (Å²) in [5.74, 6) is -1.16. The summed E-state index contributed by atoms with van der Waals surface area (Å²) in [6.07, 6.45) is 3.96. The number of halogens is 1. The van der Waals surface area contributed by atoms with Crippen LogP contribution in [0.2, 0.25) is 0 Å². The molecule has 0 amide bonds. The number of carbonyl (C=O) groups excluding carboxylic acids is 1. The van der Waals surface area contributed by atoms with E-state index in [1.165, 1.54) is 12.1 Å². The number of hydrogen-bond acceptors (Lipinski definition) is 5. The molecule has 0 aromatic heterocycles. The van der Waals surface area contributed by atoms with Gasteiger partial charge in [-0.1, -0.05) is 19.9 Å². The van der Waals surface area contributed by atoms with Crippen molar-refractivity contribution < 1.29 is 18.8 Å². The molecule has 1 atom stereocenters. The van der Waals surface area contributed by atoms with Gasteiger partial charge in [-0.05, 0) is 43.2 Å². The molecule has 24 heavy (non-hydrogen) atoms. The van der Waals surface area contributed by atoms with E-state index in [0.717, 1.165) is 31.7 Å². The van der Waals surface area contributed by atoms with Gasteiger partial charge < -0.3 is 10.1 Å². The van der Waals surface area contributed by atoms with Gasteiger partial charge in [0.1, 0.15) is 12.1 Å². The number of ether oxygens (including phenoxy) is 1. The lowest BCUT2D eigenvalue weighted by molar-refractivity contribution is -0.387. The fraction of sp³-hybridized carbons (Fsp3) is 0.588. The van der Waals surface area contributed by atoms with Crippen molar-refractivity contribution in [3.8, 4) is 0 Å². The monoisotopic (exact) mass is 338 g/mol. The largest absolute Gasteiger partial charge is 0.461 e. The van der Waals surface area contributed by atoms with E-state index in [4.69, 9.17) is 4.74 Å². The predicted octanol–water partition coefficient (Wildman–Crippen LogP) is 3.33. The molecule has 1 aliphatic carbocycles. The van der Waals surface area contributed by atoms with Crippen LogP contribution in [-0.4, -0.2) is 23.0 Å². The van der Waals surface area contributed by atoms with Crippen LogP contribution in [0.15, 0.2) is 18.2 Å². The fourth-order valence-electron chi connectivity index (χ4n) is 2.87. The Morgan fingerprint density at radius 2 is 2.08 bits per heavy atom. The molecular weight excluding hydrogens is 315 g/mol. The Bertz CT molecular complexity index is 600. The van der Waals surface area contributed by atoms with Crippen LogP contribution in [0.3, 0.4) is 0 Å². The molecule has 1 aromatic carbocycles. The van der Waals surface area contributed by atoms with E-state index >= 15 is 0 Å². The molecule has 1 aromatic rings. The minimum Gasteiger partial charge on any atom is -0.461 e. The molecule has 2 rings (SSSR count). The zero-order valence-corrected chi connectivity index (χ0v) is 14.0. The van der Waals surface area contributed by atoms with E-state index in [1.54, 1.807) is 0 Å². The molecule has 7 heteroatoms. The number of nitro groups is 1. The van der Waals surface area contributed by atoms with Gasteiger partial charge in [-0.3, -0.25) is 14.9 Å². The van der Waals surface area contributed by atoms with Gasteiger partial charge in [-0.15, -0.1) is 0 Å². The second-order valence-electron chi connectivity index (χ2n) is 6.49. The molecule has 0 saturated heterocycles. The summed E-state index contributed by atoms with van der Waals surface area (Å²) in [6, 6.07) is 3.21. The molecule has 0 aliphatic heterocycles. The first kappa shape index (κ1) is 18.3. The average molecular weight is 338 g/mol. The lowest BCUT2D eigenvalue weighted by Gasteiger charge is -2.23. The summed E-state index contributed by atoms with van der Waals surface area (Å²) in [4.78, 5) is 22.4. The van der Waals surface area contributed by atoms with Crippen LogP contribution in [0, 0.1) is 21.8 Å². The second-order valence-corrected chi connectivity index (χ2v) is 6.49. The molecule has 1 saturated carbocycles. The van der Waals surface area contributed by atoms with E-state index in [0.29, 0.717) is 5.56 Å². The number of rotatable bonds is 7. The smallest absolute Gasteiger partial charge is 0.323 e. The van der Waals surface area contributed by atoms with Crippen molar-refractivity contribution in [2.45, 2.75) is 58.2 Å². The van der Waals surface area contributed by atoms with E-state index in [1.807, 2.05) is 13.8 Å². The molecule has 1 aliphatic rings. The zero-order valence-electron chi connectivity index (χ0n) is 14.0. The van der Waals surface area contributed by atoms with E-state index in [2.05, 4.69) is 5.32 Å². The zero-order chi connectivity index (χ0) is 17.7. The van der Waals surface area contributed by atoms with Gasteiger partial charge in [0.2, 0.25) is 5.82 Å². The number of hydrogen-bond donors (Lipinski definition) is 1. The van der Waals surface area contributed by atoms with E-state index in [-0.39, 0.29) is 24.5 Å². The quantitative estimate of drug-likeness (QED) is 0.468. The van der Waals surface area contributed by atoms with Gasteiger partial charge in [-0.2, -0.15) is 4.39 Å². The third kappa shape index (κ3) is 4.74. The van der Waals surface area contributed by atoms with Crippen LogP contribution in [0.4, 0.5) is 10.1 Å². The first-order chi connectivity index (χ1) is 11.4. The average Bonchev–Trinajstić information content (AvgIpc) is 3.01. The summed E-state index contributed by atoms with van der Waals surface area (Å²) in [6.45, 7) is 4.03. The number of nitrogens with zero attached hydrogens (tertiary/aromatic N) is 1. The van der Waals surface area contributed by atoms with Gasteiger partial charge in [0.15, 0.2) is 0 Å². The van der Waals surface area contributed by atoms with Crippen molar-refractivity contribution >= 4 is 11.7 Å². The molecular formula is C17H23FN2O4. The molecule has 132 valence electrons. The van der Waals surface area contributed by atoms with Gasteiger partial charge in [0.25, 0.3) is 0 Å². The van der Waals surface area contributed by atoms with E-state index < -0.39 is 22.5 Å². The van der Waals surface area contributed by atoms with Crippen LogP contribution < -0.4 is 5.32 Å². The van der Waals surface area contributed by atoms with Gasteiger partial charge in [0.05, 0.1) is 4.92 Å². The van der Waals surface area contributed by atoms with Crippen LogP contribution in [-0.2, 0) is 16.1 Å². The predicted molar refractivity (Wildman–Crippen MR) is 86.9 cm³/mol. The van der Waals surface area contributed by atoms with Crippen molar-refractivity contribution in [2.75, 3.05) is 0 Å². The number of esters is 1. The lowest BCUT2D eigenvalue weighted by atomic mass is 10.0. The highest BCUT2D eigenvalue weighted by Gasteiger charge is 2.27. The Hall–Kier alpha value is -2.02. The summed E-state index contributed by atoms with van der Waals surface area (Å²) < 4.78 is 18.9. The number of nitro benzene ring substituents is 1. The minimum absolute atomic E-state index is 0.00698. The van der Waals surface area contributed by atoms with Gasteiger partial charge in [0, 0.05) is 12.6 Å². The number of benzene rings is 1. The molecule has 0 unspecified atom stereocenters. The Balaban J connectivity index is 1.99. The highest BCUT2D eigenvalue weighted by Crippen LogP contribution is 2.22. The summed E-state index contributed by atoms with van der Waals surface area (Å²) in [5, 5.41) is 13.9. The number of nitrogens with one attached hydrogen (secondary N) is 1. The molecule has 1 N–H and O–H groups in total. The Labute approximate surface area is 140 Å². The highest BCUT2D eigenvalue weighted by molar-refractivity contribution is 5.76. The van der Waals surface area contributed by atoms with Crippen molar-refractivity contribution in [2.24, 2.45) is 5.92 Å². The highest BCUT2D eigenvalue weighted by atomic mass is 19.1. The van der Waals surface area contributed by atoms with Gasteiger partial charge in [-0.25, -0.2) is 0 Å². The number of carbonyl (C=O) groups is 1. The first-order valence-corrected chi connectivity index (χ1v) is 8.25. The maximum atomic E-state index is 13.4. The van der Waals surface area contributed by atoms with Crippen LogP contribution >= 0.6 is 0 Å². The molecule has 0 heterocycles. The van der Waals surface area contributed by atoms with Crippen molar-refractivity contribution in [1.29, 1.82) is 0 Å². The standard InChI is InChI=1S/C17H23FN2O4/c1-11(2)16(17(21)24-13-5-3-4-6-13)19-10-12-7-8-14(18)15(9-12)20(22)23/h7-9,11,13,16,19H,3-6,10H2,1-2H3/t16-/m0/s1.